The van der Waals surface area contributed by atoms with Gasteiger partial charge < -0.3 is 4.74 Å². The van der Waals surface area contributed by atoms with Crippen molar-refractivity contribution in [2.24, 2.45) is 5.92 Å². The SMILES string of the molecule is COC(=O)c1cc(I)cn1S(=O)(=O)[C@@H](C)C(C)C. The molecule has 18 heavy (non-hydrogen) atoms. The number of nitrogens with zero attached hydrogens (tertiary/aromatic N) is 1. The Morgan fingerprint density at radius 2 is 1.94 bits per heavy atom. The Balaban J connectivity index is 3.37. The fourth-order valence-corrected chi connectivity index (χ4v) is 3.87. The highest BCUT2D eigenvalue weighted by molar-refractivity contribution is 14.1. The minimum absolute atomic E-state index is 0.0365. The van der Waals surface area contributed by atoms with Gasteiger partial charge >= 0.3 is 5.97 Å². The van der Waals surface area contributed by atoms with Crippen LogP contribution in [0.1, 0.15) is 31.3 Å². The molecule has 0 aromatic carbocycles. The van der Waals surface area contributed by atoms with Crippen LogP contribution in [0, 0.1) is 9.49 Å². The Morgan fingerprint density at radius 1 is 1.39 bits per heavy atom. The van der Waals surface area contributed by atoms with Gasteiger partial charge in [-0.2, -0.15) is 0 Å². The first kappa shape index (κ1) is 15.5. The smallest absolute Gasteiger partial charge is 0.355 e. The zero-order chi connectivity index (χ0) is 14.1. The van der Waals surface area contributed by atoms with E-state index in [2.05, 4.69) is 4.74 Å². The summed E-state index contributed by atoms with van der Waals surface area (Å²) in [5.74, 6) is -0.696. The Hall–Kier alpha value is -0.570. The minimum atomic E-state index is -3.59. The van der Waals surface area contributed by atoms with Crippen molar-refractivity contribution >= 4 is 38.6 Å². The average Bonchev–Trinajstić information content (AvgIpc) is 2.69. The predicted octanol–water partition coefficient (Wildman–Crippen LogP) is 2.10. The van der Waals surface area contributed by atoms with E-state index in [9.17, 15) is 13.2 Å². The number of methoxy groups -OCH3 is 1. The number of carbonyl (C=O) groups excluding carboxylic acids is 1. The molecule has 1 atom stereocenters. The molecule has 1 aromatic heterocycles. The molecule has 7 heteroatoms. The van der Waals surface area contributed by atoms with Gasteiger partial charge in [-0.15, -0.1) is 0 Å². The molecular formula is C11H16INO4S. The van der Waals surface area contributed by atoms with Crippen molar-refractivity contribution in [2.75, 3.05) is 7.11 Å². The molecule has 0 fully saturated rings. The molecule has 0 saturated heterocycles. The van der Waals surface area contributed by atoms with Crippen molar-refractivity contribution < 1.29 is 17.9 Å². The Bertz CT molecular complexity index is 547. The minimum Gasteiger partial charge on any atom is -0.464 e. The Labute approximate surface area is 121 Å². The molecule has 0 radical (unpaired) electrons. The molecule has 0 aliphatic rings. The van der Waals surface area contributed by atoms with Crippen LogP contribution in [-0.4, -0.2) is 30.7 Å². The van der Waals surface area contributed by atoms with Crippen molar-refractivity contribution in [3.63, 3.8) is 0 Å². The summed E-state index contributed by atoms with van der Waals surface area (Å²) in [5.41, 5.74) is 0.0365. The van der Waals surface area contributed by atoms with Crippen LogP contribution in [0.4, 0.5) is 0 Å². The molecule has 0 spiro atoms. The highest BCUT2D eigenvalue weighted by Gasteiger charge is 2.29. The van der Waals surface area contributed by atoms with Gasteiger partial charge in [0.05, 0.1) is 12.4 Å². The van der Waals surface area contributed by atoms with Crippen LogP contribution in [0.15, 0.2) is 12.3 Å². The Kier molecular flexibility index (Phi) is 4.82. The molecular weight excluding hydrogens is 369 g/mol. The highest BCUT2D eigenvalue weighted by Crippen LogP contribution is 2.20. The topological polar surface area (TPSA) is 65.4 Å². The van der Waals surface area contributed by atoms with Gasteiger partial charge in [0.1, 0.15) is 5.69 Å². The number of hydrogen-bond acceptors (Lipinski definition) is 4. The van der Waals surface area contributed by atoms with Crippen LogP contribution >= 0.6 is 22.6 Å². The molecule has 0 N–H and O–H groups in total. The normalized spacial score (nSPS) is 13.7. The highest BCUT2D eigenvalue weighted by atomic mass is 127. The maximum atomic E-state index is 12.4. The molecule has 0 aliphatic carbocycles. The summed E-state index contributed by atoms with van der Waals surface area (Å²) in [6.07, 6.45) is 1.43. The van der Waals surface area contributed by atoms with Gasteiger partial charge in [-0.1, -0.05) is 13.8 Å². The number of hydrogen-bond donors (Lipinski definition) is 0. The average molecular weight is 385 g/mol. The van der Waals surface area contributed by atoms with E-state index in [-0.39, 0.29) is 11.6 Å². The molecule has 1 aromatic rings. The van der Waals surface area contributed by atoms with Crippen LogP contribution < -0.4 is 0 Å². The van der Waals surface area contributed by atoms with Gasteiger partial charge in [-0.25, -0.2) is 17.2 Å². The fourth-order valence-electron chi connectivity index (χ4n) is 1.40. The third kappa shape index (κ3) is 2.87. The fraction of sp³-hybridized carbons (Fsp3) is 0.545. The summed E-state index contributed by atoms with van der Waals surface area (Å²) in [6, 6.07) is 1.50. The van der Waals surface area contributed by atoms with Gasteiger partial charge in [0.2, 0.25) is 10.0 Å². The second kappa shape index (κ2) is 5.60. The predicted molar refractivity (Wildman–Crippen MR) is 77.1 cm³/mol. The maximum Gasteiger partial charge on any atom is 0.355 e. The van der Waals surface area contributed by atoms with Crippen LogP contribution in [0.3, 0.4) is 0 Å². The van der Waals surface area contributed by atoms with Gasteiger partial charge in [0, 0.05) is 9.77 Å². The van der Waals surface area contributed by atoms with Crippen molar-refractivity contribution in [1.29, 1.82) is 0 Å². The third-order valence-corrected chi connectivity index (χ3v) is 5.75. The van der Waals surface area contributed by atoms with E-state index in [0.29, 0.717) is 3.57 Å². The molecule has 1 heterocycles. The first-order valence-corrected chi connectivity index (χ1v) is 8.00. The van der Waals surface area contributed by atoms with E-state index >= 15 is 0 Å². The molecule has 0 saturated carbocycles. The summed E-state index contributed by atoms with van der Waals surface area (Å²) >= 11 is 1.96. The summed E-state index contributed by atoms with van der Waals surface area (Å²) in [4.78, 5) is 11.6. The van der Waals surface area contributed by atoms with Gasteiger partial charge in [0.25, 0.3) is 0 Å². The monoisotopic (exact) mass is 385 g/mol. The molecule has 102 valence electrons. The lowest BCUT2D eigenvalue weighted by atomic mass is 10.2. The number of carbonyl (C=O) groups is 1. The molecule has 0 amide bonds. The quantitative estimate of drug-likeness (QED) is 0.588. The van der Waals surface area contributed by atoms with Gasteiger partial charge in [-0.05, 0) is 41.5 Å². The summed E-state index contributed by atoms with van der Waals surface area (Å²) < 4.78 is 31.1. The zero-order valence-electron chi connectivity index (χ0n) is 10.7. The van der Waals surface area contributed by atoms with Gasteiger partial charge in [-0.3, -0.25) is 0 Å². The molecule has 0 bridgehead atoms. The van der Waals surface area contributed by atoms with E-state index in [4.69, 9.17) is 0 Å². The second-order valence-electron chi connectivity index (χ2n) is 4.33. The number of rotatable bonds is 4. The number of aromatic nitrogens is 1. The number of halogens is 1. The molecule has 0 aliphatic heterocycles. The molecule has 5 nitrogen and oxygen atoms in total. The maximum absolute atomic E-state index is 12.4. The third-order valence-electron chi connectivity index (χ3n) is 2.83. The number of esters is 1. The van der Waals surface area contributed by atoms with Crippen molar-refractivity contribution in [3.8, 4) is 0 Å². The van der Waals surface area contributed by atoms with Crippen molar-refractivity contribution in [3.05, 3.63) is 21.5 Å². The van der Waals surface area contributed by atoms with E-state index in [0.717, 1.165) is 3.97 Å². The standard InChI is InChI=1S/C11H16INO4S/c1-7(2)8(3)18(15,16)13-6-9(12)5-10(13)11(14)17-4/h5-8H,1-4H3/t8-/m0/s1. The van der Waals surface area contributed by atoms with E-state index in [1.807, 2.05) is 36.4 Å². The van der Waals surface area contributed by atoms with Crippen LogP contribution in [0.2, 0.25) is 0 Å². The van der Waals surface area contributed by atoms with Crippen molar-refractivity contribution in [2.45, 2.75) is 26.0 Å². The Morgan fingerprint density at radius 3 is 2.39 bits per heavy atom. The largest absolute Gasteiger partial charge is 0.464 e. The summed E-state index contributed by atoms with van der Waals surface area (Å²) in [5, 5.41) is -0.580. The van der Waals surface area contributed by atoms with E-state index in [1.165, 1.54) is 19.4 Å². The number of ether oxygens (including phenoxy) is 1. The second-order valence-corrected chi connectivity index (χ2v) is 7.74. The zero-order valence-corrected chi connectivity index (χ0v) is 13.6. The van der Waals surface area contributed by atoms with E-state index < -0.39 is 21.2 Å². The lowest BCUT2D eigenvalue weighted by Crippen LogP contribution is -2.31. The first-order valence-electron chi connectivity index (χ1n) is 5.42. The van der Waals surface area contributed by atoms with Crippen LogP contribution in [0.5, 0.6) is 0 Å². The summed E-state index contributed by atoms with van der Waals surface area (Å²) in [6.45, 7) is 5.29. The van der Waals surface area contributed by atoms with Crippen LogP contribution in [0.25, 0.3) is 0 Å². The van der Waals surface area contributed by atoms with E-state index in [1.54, 1.807) is 6.92 Å². The lowest BCUT2D eigenvalue weighted by molar-refractivity contribution is 0.0592. The van der Waals surface area contributed by atoms with Crippen LogP contribution in [-0.2, 0) is 14.8 Å². The molecule has 1 rings (SSSR count). The van der Waals surface area contributed by atoms with Crippen molar-refractivity contribution in [1.82, 2.24) is 3.97 Å². The van der Waals surface area contributed by atoms with Gasteiger partial charge in [0.15, 0.2) is 0 Å². The summed E-state index contributed by atoms with van der Waals surface area (Å²) in [7, 11) is -2.36. The molecule has 0 unspecified atom stereocenters. The first-order chi connectivity index (χ1) is 8.21. The lowest BCUT2D eigenvalue weighted by Gasteiger charge is -2.18.